The van der Waals surface area contributed by atoms with E-state index in [1.807, 2.05) is 72.8 Å². The number of hydrogen-bond acceptors (Lipinski definition) is 4. The highest BCUT2D eigenvalue weighted by Gasteiger charge is 2.33. The van der Waals surface area contributed by atoms with Crippen LogP contribution in [0.2, 0.25) is 0 Å². The quantitative estimate of drug-likeness (QED) is 0.369. The zero-order valence-electron chi connectivity index (χ0n) is 19.6. The fraction of sp³-hybridized carbons (Fsp3) is 0.214. The summed E-state index contributed by atoms with van der Waals surface area (Å²) in [4.78, 5) is 16.2. The normalized spacial score (nSPS) is 13.1. The van der Waals surface area contributed by atoms with Gasteiger partial charge < -0.3 is 5.11 Å². The molecule has 0 bridgehead atoms. The molecule has 0 radical (unpaired) electrons. The third kappa shape index (κ3) is 4.21. The average molecular weight is 474 g/mol. The lowest BCUT2D eigenvalue weighted by molar-refractivity contribution is -0.138. The molecule has 34 heavy (non-hydrogen) atoms. The van der Waals surface area contributed by atoms with Gasteiger partial charge in [0.1, 0.15) is 0 Å². The first-order chi connectivity index (χ1) is 16.0. The van der Waals surface area contributed by atoms with E-state index < -0.39 is 26.5 Å². The number of pyridine rings is 1. The van der Waals surface area contributed by atoms with Crippen LogP contribution < -0.4 is 0 Å². The van der Waals surface area contributed by atoms with Crippen molar-refractivity contribution in [2.75, 3.05) is 6.26 Å². The summed E-state index contributed by atoms with van der Waals surface area (Å²) < 4.78 is 24.2. The molecule has 3 aromatic carbocycles. The zero-order chi connectivity index (χ0) is 24.7. The summed E-state index contributed by atoms with van der Waals surface area (Å²) in [5, 5.41) is 10.3. The number of nitrogens with zero attached hydrogens (tertiary/aromatic N) is 1. The van der Waals surface area contributed by atoms with Gasteiger partial charge in [0, 0.05) is 23.4 Å². The Kier molecular flexibility index (Phi) is 6.04. The summed E-state index contributed by atoms with van der Waals surface area (Å²) in [6.07, 6.45) is 2.98. The van der Waals surface area contributed by atoms with Crippen molar-refractivity contribution in [1.82, 2.24) is 4.98 Å². The van der Waals surface area contributed by atoms with Crippen LogP contribution in [-0.2, 0) is 19.4 Å². The highest BCUT2D eigenvalue weighted by molar-refractivity contribution is 7.91. The van der Waals surface area contributed by atoms with Gasteiger partial charge in [-0.25, -0.2) is 8.42 Å². The van der Waals surface area contributed by atoms with Crippen LogP contribution in [0.3, 0.4) is 0 Å². The molecule has 5 nitrogen and oxygen atoms in total. The third-order valence-corrected chi connectivity index (χ3v) is 8.70. The maximum Gasteiger partial charge on any atom is 0.310 e. The van der Waals surface area contributed by atoms with Crippen LogP contribution in [0.4, 0.5) is 0 Å². The molecule has 0 saturated heterocycles. The lowest BCUT2D eigenvalue weighted by Gasteiger charge is -2.25. The van der Waals surface area contributed by atoms with Crippen LogP contribution in [0.15, 0.2) is 79.0 Å². The molecule has 1 heterocycles. The van der Waals surface area contributed by atoms with Crippen LogP contribution in [0, 0.1) is 0 Å². The molecule has 0 aliphatic carbocycles. The second-order valence-electron chi connectivity index (χ2n) is 9.11. The smallest absolute Gasteiger partial charge is 0.310 e. The monoisotopic (exact) mass is 473 g/mol. The Bertz CT molecular complexity index is 1510. The van der Waals surface area contributed by atoms with Crippen LogP contribution in [0.1, 0.15) is 37.8 Å². The third-order valence-electron chi connectivity index (χ3n) is 6.61. The van der Waals surface area contributed by atoms with Crippen LogP contribution >= 0.6 is 0 Å². The van der Waals surface area contributed by atoms with E-state index in [-0.39, 0.29) is 0 Å². The molecule has 6 heteroatoms. The van der Waals surface area contributed by atoms with Crippen molar-refractivity contribution in [3.63, 3.8) is 0 Å². The molecule has 174 valence electrons. The summed E-state index contributed by atoms with van der Waals surface area (Å²) in [5.74, 6) is -1.51. The van der Waals surface area contributed by atoms with Gasteiger partial charge in [-0.15, -0.1) is 0 Å². The minimum Gasteiger partial charge on any atom is -0.481 e. The molecular formula is C28H27NO4S. The van der Waals surface area contributed by atoms with Crippen LogP contribution in [0.5, 0.6) is 0 Å². The average Bonchev–Trinajstić information content (AvgIpc) is 2.82. The number of sulfone groups is 1. The van der Waals surface area contributed by atoms with Gasteiger partial charge >= 0.3 is 5.97 Å². The molecule has 4 rings (SSSR count). The molecule has 1 N–H and O–H groups in total. The van der Waals surface area contributed by atoms with Gasteiger partial charge in [-0.1, -0.05) is 54.6 Å². The molecule has 4 aromatic rings. The van der Waals surface area contributed by atoms with Gasteiger partial charge in [0.05, 0.1) is 16.2 Å². The topological polar surface area (TPSA) is 84.3 Å². The van der Waals surface area contributed by atoms with E-state index in [4.69, 9.17) is 0 Å². The second kappa shape index (κ2) is 8.69. The Hall–Kier alpha value is -3.51. The summed E-state index contributed by atoms with van der Waals surface area (Å²) in [5.41, 5.74) is 5.72. The highest BCUT2D eigenvalue weighted by atomic mass is 32.2. The van der Waals surface area contributed by atoms with E-state index >= 15 is 0 Å². The molecular weight excluding hydrogens is 446 g/mol. The van der Waals surface area contributed by atoms with Crippen molar-refractivity contribution in [2.45, 2.75) is 31.4 Å². The number of carboxylic acid groups (broad SMARTS) is 1. The van der Waals surface area contributed by atoms with Crippen molar-refractivity contribution < 1.29 is 18.3 Å². The Morgan fingerprint density at radius 1 is 0.912 bits per heavy atom. The van der Waals surface area contributed by atoms with E-state index in [0.717, 1.165) is 38.7 Å². The maximum absolute atomic E-state index is 12.6. The van der Waals surface area contributed by atoms with Gasteiger partial charge in [-0.05, 0) is 66.8 Å². The Morgan fingerprint density at radius 3 is 2.29 bits per heavy atom. The van der Waals surface area contributed by atoms with E-state index in [9.17, 15) is 18.3 Å². The van der Waals surface area contributed by atoms with Gasteiger partial charge in [-0.2, -0.15) is 0 Å². The molecule has 0 amide bonds. The molecule has 0 spiro atoms. The van der Waals surface area contributed by atoms with Gasteiger partial charge in [0.25, 0.3) is 0 Å². The number of aliphatic carboxylic acids is 1. The number of hydrogen-bond donors (Lipinski definition) is 1. The minimum atomic E-state index is -3.38. The fourth-order valence-corrected chi connectivity index (χ4v) is 4.59. The first-order valence-electron chi connectivity index (χ1n) is 11.0. The largest absolute Gasteiger partial charge is 0.481 e. The molecule has 0 aliphatic rings. The van der Waals surface area contributed by atoms with Crippen LogP contribution in [-0.4, -0.2) is 30.7 Å². The highest BCUT2D eigenvalue weighted by Crippen LogP contribution is 2.40. The van der Waals surface area contributed by atoms with Crippen molar-refractivity contribution in [3.8, 4) is 22.3 Å². The summed E-state index contributed by atoms with van der Waals surface area (Å²) >= 11 is 0. The Morgan fingerprint density at radius 2 is 1.62 bits per heavy atom. The van der Waals surface area contributed by atoms with Gasteiger partial charge in [-0.3, -0.25) is 9.78 Å². The molecule has 0 saturated carbocycles. The van der Waals surface area contributed by atoms with E-state index in [1.54, 1.807) is 27.0 Å². The predicted molar refractivity (Wildman–Crippen MR) is 137 cm³/mol. The van der Waals surface area contributed by atoms with Crippen LogP contribution in [0.25, 0.3) is 33.2 Å². The fourth-order valence-electron chi connectivity index (χ4n) is 4.05. The summed E-state index contributed by atoms with van der Waals surface area (Å²) in [7, 11) is -3.38. The zero-order valence-corrected chi connectivity index (χ0v) is 20.4. The number of fused-ring (bicyclic) bond motifs is 1. The number of benzene rings is 3. The lowest BCUT2D eigenvalue weighted by atomic mass is 9.88. The van der Waals surface area contributed by atoms with Crippen molar-refractivity contribution >= 4 is 26.7 Å². The van der Waals surface area contributed by atoms with Crippen molar-refractivity contribution in [1.29, 1.82) is 0 Å². The van der Waals surface area contributed by atoms with Gasteiger partial charge in [0.2, 0.25) is 0 Å². The minimum absolute atomic E-state index is 0.631. The molecule has 1 unspecified atom stereocenters. The van der Waals surface area contributed by atoms with Gasteiger partial charge in [0.15, 0.2) is 9.84 Å². The number of rotatable bonds is 6. The summed E-state index contributed by atoms with van der Waals surface area (Å²) in [6, 6.07) is 23.0. The van der Waals surface area contributed by atoms with Crippen molar-refractivity contribution in [3.05, 3.63) is 90.1 Å². The Balaban J connectivity index is 2.00. The molecule has 0 fully saturated rings. The van der Waals surface area contributed by atoms with E-state index in [0.29, 0.717) is 5.56 Å². The van der Waals surface area contributed by atoms with E-state index in [2.05, 4.69) is 4.98 Å². The first-order valence-corrected chi connectivity index (χ1v) is 12.9. The van der Waals surface area contributed by atoms with E-state index in [1.165, 1.54) is 6.26 Å². The molecule has 1 atom stereocenters. The maximum atomic E-state index is 12.6. The van der Waals surface area contributed by atoms with Crippen molar-refractivity contribution in [2.24, 2.45) is 0 Å². The molecule has 1 aromatic heterocycles. The SMILES string of the molecule is CC(C(=O)O)c1cccc(-c2ccccc2-c2cc(C(C)(C)S(C)(=O)=O)cc3cccnc23)c1. The predicted octanol–water partition coefficient (Wildman–Crippen LogP) is 6.04. The second-order valence-corrected chi connectivity index (χ2v) is 11.7. The number of carboxylic acids is 1. The first kappa shape index (κ1) is 23.6. The number of carbonyl (C=O) groups is 1. The lowest BCUT2D eigenvalue weighted by Crippen LogP contribution is -2.28. The molecule has 0 aliphatic heterocycles. The number of aromatic nitrogens is 1. The summed E-state index contributed by atoms with van der Waals surface area (Å²) in [6.45, 7) is 5.10. The Labute approximate surface area is 200 Å². The standard InChI is InChI=1S/C28H27NO4S/c1-18(27(30)31)19-9-7-10-20(15-19)23-12-5-6-13-24(23)25-17-22(28(2,3)34(4,32)33)16-21-11-8-14-29-26(21)25/h5-18H,1-4H3,(H,30,31).